The number of fused-ring (bicyclic) bond motifs is 3. The number of methoxy groups -OCH3 is 1. The summed E-state index contributed by atoms with van der Waals surface area (Å²) in [6, 6.07) is 12.1. The van der Waals surface area contributed by atoms with Gasteiger partial charge in [0.15, 0.2) is 0 Å². The van der Waals surface area contributed by atoms with E-state index in [0.717, 1.165) is 46.6 Å². The molecule has 0 aliphatic rings. The minimum Gasteiger partial charge on any atom is -0.469 e. The van der Waals surface area contributed by atoms with E-state index in [4.69, 9.17) is 4.42 Å². The first-order valence-electron chi connectivity index (χ1n) is 8.90. The number of hydrogen-bond donors (Lipinski definition) is 1. The van der Waals surface area contributed by atoms with Gasteiger partial charge in [0.1, 0.15) is 5.58 Å². The Balaban J connectivity index is 1.55. The second kappa shape index (κ2) is 8.52. The molecule has 5 heteroatoms. The number of ether oxygens (including phenoxy) is 1. The van der Waals surface area contributed by atoms with Gasteiger partial charge in [-0.2, -0.15) is 0 Å². The molecule has 0 fully saturated rings. The molecule has 136 valence electrons. The molecule has 0 saturated heterocycles. The fraction of sp³-hybridized carbons (Fsp3) is 0.333. The van der Waals surface area contributed by atoms with Crippen LogP contribution >= 0.6 is 0 Å². The van der Waals surface area contributed by atoms with E-state index in [-0.39, 0.29) is 11.9 Å². The number of esters is 1. The molecule has 1 N–H and O–H groups in total. The Morgan fingerprint density at radius 2 is 1.92 bits per heavy atom. The SMILES string of the molecule is COC(=O)CCCCCNC(=O)Cc1coc2ccc3ccccc3c12. The Morgan fingerprint density at radius 3 is 2.77 bits per heavy atom. The molecule has 1 aromatic heterocycles. The number of benzene rings is 2. The number of hydrogen-bond acceptors (Lipinski definition) is 4. The summed E-state index contributed by atoms with van der Waals surface area (Å²) in [6.45, 7) is 0.608. The van der Waals surface area contributed by atoms with Crippen LogP contribution in [0.2, 0.25) is 0 Å². The summed E-state index contributed by atoms with van der Waals surface area (Å²) in [6.07, 6.45) is 4.90. The molecule has 0 spiro atoms. The molecular weight excluding hydrogens is 330 g/mol. The summed E-state index contributed by atoms with van der Waals surface area (Å²) in [5.41, 5.74) is 1.70. The highest BCUT2D eigenvalue weighted by molar-refractivity contribution is 6.08. The zero-order valence-electron chi connectivity index (χ0n) is 14.9. The van der Waals surface area contributed by atoms with Gasteiger partial charge < -0.3 is 14.5 Å². The van der Waals surface area contributed by atoms with E-state index in [0.29, 0.717) is 19.4 Å². The average molecular weight is 353 g/mol. The van der Waals surface area contributed by atoms with Crippen LogP contribution in [0.1, 0.15) is 31.2 Å². The Kier molecular flexibility index (Phi) is 5.89. The van der Waals surface area contributed by atoms with Crippen molar-refractivity contribution in [3.05, 3.63) is 48.2 Å². The number of carbonyl (C=O) groups excluding carboxylic acids is 2. The third-order valence-electron chi connectivity index (χ3n) is 4.50. The monoisotopic (exact) mass is 353 g/mol. The normalized spacial score (nSPS) is 11.0. The fourth-order valence-electron chi connectivity index (χ4n) is 3.14. The number of unbranched alkanes of at least 4 members (excludes halogenated alkanes) is 2. The largest absolute Gasteiger partial charge is 0.469 e. The van der Waals surface area contributed by atoms with Crippen molar-refractivity contribution in [2.75, 3.05) is 13.7 Å². The predicted molar refractivity (Wildman–Crippen MR) is 101 cm³/mol. The van der Waals surface area contributed by atoms with Crippen LogP contribution in [0.5, 0.6) is 0 Å². The summed E-state index contributed by atoms with van der Waals surface area (Å²) in [7, 11) is 1.39. The summed E-state index contributed by atoms with van der Waals surface area (Å²) in [5, 5.41) is 6.18. The van der Waals surface area contributed by atoms with Crippen LogP contribution in [0.4, 0.5) is 0 Å². The Bertz CT molecular complexity index is 913. The van der Waals surface area contributed by atoms with Gasteiger partial charge in [-0.1, -0.05) is 36.8 Å². The van der Waals surface area contributed by atoms with E-state index >= 15 is 0 Å². The predicted octanol–water partition coefficient (Wildman–Crippen LogP) is 3.98. The standard InChI is InChI=1S/C21H23NO4/c1-25-20(24)9-3-2-6-12-22-19(23)13-16-14-26-18-11-10-15-7-4-5-8-17(15)21(16)18/h4-5,7-8,10-11,14H,2-3,6,9,12-13H2,1H3,(H,22,23). The number of furan rings is 1. The first-order chi connectivity index (χ1) is 12.7. The van der Waals surface area contributed by atoms with E-state index < -0.39 is 0 Å². The Hall–Kier alpha value is -2.82. The fourth-order valence-corrected chi connectivity index (χ4v) is 3.14. The van der Waals surface area contributed by atoms with Crippen molar-refractivity contribution < 1.29 is 18.7 Å². The van der Waals surface area contributed by atoms with E-state index in [1.165, 1.54) is 7.11 Å². The van der Waals surface area contributed by atoms with Crippen LogP contribution in [-0.4, -0.2) is 25.5 Å². The smallest absolute Gasteiger partial charge is 0.305 e. The van der Waals surface area contributed by atoms with Crippen molar-refractivity contribution in [1.82, 2.24) is 5.32 Å². The average Bonchev–Trinajstić information content (AvgIpc) is 3.07. The van der Waals surface area contributed by atoms with Crippen LogP contribution in [0.3, 0.4) is 0 Å². The zero-order valence-corrected chi connectivity index (χ0v) is 14.9. The van der Waals surface area contributed by atoms with Crippen molar-refractivity contribution in [2.24, 2.45) is 0 Å². The first kappa shape index (κ1) is 18.0. The lowest BCUT2D eigenvalue weighted by atomic mass is 10.0. The van der Waals surface area contributed by atoms with Gasteiger partial charge in [-0.05, 0) is 29.7 Å². The summed E-state index contributed by atoms with van der Waals surface area (Å²) in [4.78, 5) is 23.3. The van der Waals surface area contributed by atoms with Crippen LogP contribution in [-0.2, 0) is 20.7 Å². The third-order valence-corrected chi connectivity index (χ3v) is 4.50. The maximum absolute atomic E-state index is 12.3. The number of nitrogens with one attached hydrogen (secondary N) is 1. The molecule has 0 aliphatic heterocycles. The second-order valence-electron chi connectivity index (χ2n) is 6.33. The molecule has 3 aromatic rings. The molecule has 0 radical (unpaired) electrons. The van der Waals surface area contributed by atoms with E-state index in [2.05, 4.69) is 22.2 Å². The quantitative estimate of drug-likeness (QED) is 0.491. The molecule has 5 nitrogen and oxygen atoms in total. The minimum absolute atomic E-state index is 0.0198. The van der Waals surface area contributed by atoms with Crippen LogP contribution in [0, 0.1) is 0 Å². The molecular formula is C21H23NO4. The molecule has 0 aliphatic carbocycles. The lowest BCUT2D eigenvalue weighted by Gasteiger charge is -2.05. The summed E-state index contributed by atoms with van der Waals surface area (Å²) in [5.74, 6) is -0.207. The Labute approximate surface area is 152 Å². The highest BCUT2D eigenvalue weighted by Gasteiger charge is 2.13. The number of amides is 1. The number of rotatable bonds is 8. The molecule has 1 amide bonds. The zero-order chi connectivity index (χ0) is 18.4. The highest BCUT2D eigenvalue weighted by Crippen LogP contribution is 2.30. The molecule has 0 bridgehead atoms. The lowest BCUT2D eigenvalue weighted by Crippen LogP contribution is -2.26. The van der Waals surface area contributed by atoms with Gasteiger partial charge in [0.05, 0.1) is 19.8 Å². The van der Waals surface area contributed by atoms with Crippen molar-refractivity contribution in [3.8, 4) is 0 Å². The molecule has 3 rings (SSSR count). The molecule has 0 atom stereocenters. The molecule has 2 aromatic carbocycles. The Morgan fingerprint density at radius 1 is 1.08 bits per heavy atom. The van der Waals surface area contributed by atoms with Gasteiger partial charge in [0.2, 0.25) is 5.91 Å². The number of carbonyl (C=O) groups is 2. The van der Waals surface area contributed by atoms with Gasteiger partial charge >= 0.3 is 5.97 Å². The molecule has 0 unspecified atom stereocenters. The maximum Gasteiger partial charge on any atom is 0.305 e. The van der Waals surface area contributed by atoms with Crippen LogP contribution in [0.15, 0.2) is 47.1 Å². The van der Waals surface area contributed by atoms with Crippen LogP contribution in [0.25, 0.3) is 21.7 Å². The molecule has 26 heavy (non-hydrogen) atoms. The van der Waals surface area contributed by atoms with E-state index in [1.807, 2.05) is 24.3 Å². The van der Waals surface area contributed by atoms with Gasteiger partial charge in [-0.25, -0.2) is 0 Å². The molecule has 1 heterocycles. The van der Waals surface area contributed by atoms with Crippen molar-refractivity contribution in [3.63, 3.8) is 0 Å². The van der Waals surface area contributed by atoms with Gasteiger partial charge in [-0.15, -0.1) is 0 Å². The van der Waals surface area contributed by atoms with Crippen molar-refractivity contribution in [2.45, 2.75) is 32.1 Å². The van der Waals surface area contributed by atoms with Crippen molar-refractivity contribution >= 4 is 33.6 Å². The van der Waals surface area contributed by atoms with Gasteiger partial charge in [0, 0.05) is 23.9 Å². The van der Waals surface area contributed by atoms with E-state index in [9.17, 15) is 9.59 Å². The van der Waals surface area contributed by atoms with Crippen LogP contribution < -0.4 is 5.32 Å². The second-order valence-corrected chi connectivity index (χ2v) is 6.33. The lowest BCUT2D eigenvalue weighted by molar-refractivity contribution is -0.140. The van der Waals surface area contributed by atoms with Crippen molar-refractivity contribution in [1.29, 1.82) is 0 Å². The van der Waals surface area contributed by atoms with E-state index in [1.54, 1.807) is 6.26 Å². The summed E-state index contributed by atoms with van der Waals surface area (Å²) < 4.78 is 10.2. The molecule has 0 saturated carbocycles. The topological polar surface area (TPSA) is 68.5 Å². The van der Waals surface area contributed by atoms with Gasteiger partial charge in [-0.3, -0.25) is 9.59 Å². The highest BCUT2D eigenvalue weighted by atomic mass is 16.5. The minimum atomic E-state index is -0.187. The third kappa shape index (κ3) is 4.23. The first-order valence-corrected chi connectivity index (χ1v) is 8.90. The van der Waals surface area contributed by atoms with Gasteiger partial charge in [0.25, 0.3) is 0 Å². The summed E-state index contributed by atoms with van der Waals surface area (Å²) >= 11 is 0. The maximum atomic E-state index is 12.3.